The first kappa shape index (κ1) is 16.2. The van der Waals surface area contributed by atoms with Gasteiger partial charge in [0.25, 0.3) is 11.8 Å². The van der Waals surface area contributed by atoms with Crippen LogP contribution in [0.15, 0.2) is 61.2 Å². The second-order valence-electron chi connectivity index (χ2n) is 5.09. The lowest BCUT2D eigenvalue weighted by Gasteiger charge is -2.11. The summed E-state index contributed by atoms with van der Waals surface area (Å²) in [6.45, 7) is -0.295. The van der Waals surface area contributed by atoms with Crippen LogP contribution in [0.2, 0.25) is 0 Å². The average Bonchev–Trinajstić information content (AvgIpc) is 3.15. The number of carbonyl (C=O) groups is 2. The van der Waals surface area contributed by atoms with E-state index in [-0.39, 0.29) is 18.3 Å². The largest absolute Gasteiger partial charge is 0.483 e. The van der Waals surface area contributed by atoms with Crippen molar-refractivity contribution >= 4 is 17.5 Å². The smallest absolute Gasteiger partial charge is 0.259 e. The van der Waals surface area contributed by atoms with E-state index < -0.39 is 5.91 Å². The Labute approximate surface area is 143 Å². The number of anilines is 1. The van der Waals surface area contributed by atoms with Gasteiger partial charge in [-0.15, -0.1) is 0 Å². The van der Waals surface area contributed by atoms with Gasteiger partial charge in [0.1, 0.15) is 18.4 Å². The molecule has 3 N–H and O–H groups in total. The normalized spacial score (nSPS) is 10.2. The fourth-order valence-electron chi connectivity index (χ4n) is 2.17. The third-order valence-electron chi connectivity index (χ3n) is 3.31. The van der Waals surface area contributed by atoms with Crippen molar-refractivity contribution in [2.45, 2.75) is 0 Å². The summed E-state index contributed by atoms with van der Waals surface area (Å²) in [5.41, 5.74) is 6.81. The van der Waals surface area contributed by atoms with Crippen LogP contribution in [0, 0.1) is 0 Å². The summed E-state index contributed by atoms with van der Waals surface area (Å²) >= 11 is 0. The van der Waals surface area contributed by atoms with Crippen LogP contribution in [0.1, 0.15) is 10.4 Å². The van der Waals surface area contributed by atoms with Crippen LogP contribution in [0.4, 0.5) is 5.69 Å². The molecule has 0 aliphatic heterocycles. The zero-order chi connectivity index (χ0) is 17.6. The van der Waals surface area contributed by atoms with E-state index >= 15 is 0 Å². The number of nitrogens with two attached hydrogens (primary N) is 1. The van der Waals surface area contributed by atoms with Crippen molar-refractivity contribution < 1.29 is 14.3 Å². The second-order valence-corrected chi connectivity index (χ2v) is 5.09. The van der Waals surface area contributed by atoms with Gasteiger partial charge in [-0.3, -0.25) is 9.59 Å². The number of amides is 2. The summed E-state index contributed by atoms with van der Waals surface area (Å²) in [6.07, 6.45) is 3.03. The minimum Gasteiger partial charge on any atom is -0.483 e. The second kappa shape index (κ2) is 7.26. The Hall–Kier alpha value is -3.68. The fourth-order valence-corrected chi connectivity index (χ4v) is 2.17. The van der Waals surface area contributed by atoms with E-state index in [1.54, 1.807) is 59.5 Å². The molecule has 2 amide bonds. The molecule has 0 atom stereocenters. The molecule has 0 aliphatic carbocycles. The van der Waals surface area contributed by atoms with E-state index in [2.05, 4.69) is 15.4 Å². The van der Waals surface area contributed by atoms with E-state index in [1.165, 1.54) is 6.33 Å². The first-order valence-corrected chi connectivity index (χ1v) is 7.40. The molecule has 0 aliphatic rings. The van der Waals surface area contributed by atoms with E-state index in [9.17, 15) is 9.59 Å². The number of aromatic nitrogens is 3. The third kappa shape index (κ3) is 3.99. The Morgan fingerprint density at radius 2 is 1.88 bits per heavy atom. The molecule has 1 heterocycles. The number of rotatable bonds is 6. The molecule has 0 saturated heterocycles. The summed E-state index contributed by atoms with van der Waals surface area (Å²) in [5, 5.41) is 6.81. The van der Waals surface area contributed by atoms with E-state index in [0.29, 0.717) is 11.3 Å². The molecule has 2 aromatic carbocycles. The van der Waals surface area contributed by atoms with Gasteiger partial charge >= 0.3 is 0 Å². The topological polar surface area (TPSA) is 112 Å². The van der Waals surface area contributed by atoms with Gasteiger partial charge in [0, 0.05) is 5.69 Å². The molecule has 3 aromatic rings. The summed E-state index contributed by atoms with van der Waals surface area (Å²) in [6, 6.07) is 13.7. The molecule has 1 aromatic heterocycles. The molecule has 0 radical (unpaired) electrons. The highest BCUT2D eigenvalue weighted by atomic mass is 16.5. The van der Waals surface area contributed by atoms with E-state index in [0.717, 1.165) is 5.69 Å². The molecule has 126 valence electrons. The van der Waals surface area contributed by atoms with Gasteiger partial charge in [0.2, 0.25) is 0 Å². The van der Waals surface area contributed by atoms with Crippen molar-refractivity contribution in [1.29, 1.82) is 0 Å². The summed E-state index contributed by atoms with van der Waals surface area (Å²) in [4.78, 5) is 27.2. The number of ether oxygens (including phenoxy) is 1. The molecule has 8 nitrogen and oxygen atoms in total. The zero-order valence-electron chi connectivity index (χ0n) is 13.1. The highest BCUT2D eigenvalue weighted by Gasteiger charge is 2.13. The average molecular weight is 337 g/mol. The van der Waals surface area contributed by atoms with E-state index in [1.807, 2.05) is 0 Å². The molecule has 3 rings (SSSR count). The SMILES string of the molecule is NC(=O)COc1ccccc1C(=O)Nc1ccc(-n2cncn2)cc1. The fraction of sp³-hybridized carbons (Fsp3) is 0.0588. The van der Waals surface area contributed by atoms with Crippen molar-refractivity contribution in [2.24, 2.45) is 5.73 Å². The lowest BCUT2D eigenvalue weighted by molar-refractivity contribution is -0.119. The number of benzene rings is 2. The third-order valence-corrected chi connectivity index (χ3v) is 3.31. The van der Waals surface area contributed by atoms with Crippen molar-refractivity contribution in [3.63, 3.8) is 0 Å². The van der Waals surface area contributed by atoms with Crippen LogP contribution in [-0.4, -0.2) is 33.2 Å². The first-order chi connectivity index (χ1) is 12.1. The Balaban J connectivity index is 1.73. The van der Waals surface area contributed by atoms with Crippen LogP contribution in [0.5, 0.6) is 5.75 Å². The molecule has 25 heavy (non-hydrogen) atoms. The molecule has 8 heteroatoms. The van der Waals surface area contributed by atoms with Gasteiger partial charge in [-0.25, -0.2) is 9.67 Å². The molecule has 0 unspecified atom stereocenters. The Morgan fingerprint density at radius 1 is 1.12 bits per heavy atom. The highest BCUT2D eigenvalue weighted by Crippen LogP contribution is 2.20. The summed E-state index contributed by atoms with van der Waals surface area (Å²) in [7, 11) is 0. The van der Waals surface area contributed by atoms with Crippen molar-refractivity contribution in [2.75, 3.05) is 11.9 Å². The lowest BCUT2D eigenvalue weighted by Crippen LogP contribution is -2.21. The molecule has 0 fully saturated rings. The van der Waals surface area contributed by atoms with Crippen LogP contribution < -0.4 is 15.8 Å². The van der Waals surface area contributed by atoms with Gasteiger partial charge < -0.3 is 15.8 Å². The number of primary amides is 1. The van der Waals surface area contributed by atoms with Crippen molar-refractivity contribution in [1.82, 2.24) is 14.8 Å². The monoisotopic (exact) mass is 337 g/mol. The van der Waals surface area contributed by atoms with Gasteiger partial charge in [-0.05, 0) is 36.4 Å². The Bertz CT molecular complexity index is 876. The number of para-hydroxylation sites is 1. The molecular weight excluding hydrogens is 322 g/mol. The molecule has 0 saturated carbocycles. The van der Waals surface area contributed by atoms with Crippen molar-refractivity contribution in [3.05, 3.63) is 66.7 Å². The standard InChI is InChI=1S/C17H15N5O3/c18-16(23)9-25-15-4-2-1-3-14(15)17(24)21-12-5-7-13(8-6-12)22-11-19-10-20-22/h1-8,10-11H,9H2,(H2,18,23)(H,21,24). The molecule has 0 spiro atoms. The predicted octanol–water partition coefficient (Wildman–Crippen LogP) is 1.38. The van der Waals surface area contributed by atoms with Crippen LogP contribution in [-0.2, 0) is 4.79 Å². The molecular formula is C17H15N5O3. The highest BCUT2D eigenvalue weighted by molar-refractivity contribution is 6.06. The van der Waals surface area contributed by atoms with Gasteiger partial charge in [0.15, 0.2) is 6.61 Å². The minimum absolute atomic E-state index is 0.290. The quantitative estimate of drug-likeness (QED) is 0.706. The van der Waals surface area contributed by atoms with Crippen molar-refractivity contribution in [3.8, 4) is 11.4 Å². The Morgan fingerprint density at radius 3 is 2.56 bits per heavy atom. The molecule has 0 bridgehead atoms. The van der Waals surface area contributed by atoms with Crippen LogP contribution in [0.3, 0.4) is 0 Å². The first-order valence-electron chi connectivity index (χ1n) is 7.40. The maximum absolute atomic E-state index is 12.5. The summed E-state index contributed by atoms with van der Waals surface area (Å²) in [5.74, 6) is -0.675. The number of carbonyl (C=O) groups excluding carboxylic acids is 2. The lowest BCUT2D eigenvalue weighted by atomic mass is 10.2. The number of nitrogens with zero attached hydrogens (tertiary/aromatic N) is 3. The maximum atomic E-state index is 12.5. The predicted molar refractivity (Wildman–Crippen MR) is 90.4 cm³/mol. The van der Waals surface area contributed by atoms with Crippen LogP contribution >= 0.6 is 0 Å². The van der Waals surface area contributed by atoms with Crippen LogP contribution in [0.25, 0.3) is 5.69 Å². The number of hydrogen-bond acceptors (Lipinski definition) is 5. The van der Waals surface area contributed by atoms with E-state index in [4.69, 9.17) is 10.5 Å². The Kier molecular flexibility index (Phi) is 4.70. The van der Waals surface area contributed by atoms with Gasteiger partial charge in [-0.1, -0.05) is 12.1 Å². The number of hydrogen-bond donors (Lipinski definition) is 2. The van der Waals surface area contributed by atoms with Gasteiger partial charge in [0.05, 0.1) is 11.3 Å². The minimum atomic E-state index is -0.612. The maximum Gasteiger partial charge on any atom is 0.259 e. The van der Waals surface area contributed by atoms with Gasteiger partial charge in [-0.2, -0.15) is 5.10 Å². The number of nitrogens with one attached hydrogen (secondary N) is 1. The summed E-state index contributed by atoms with van der Waals surface area (Å²) < 4.78 is 6.88. The zero-order valence-corrected chi connectivity index (χ0v) is 13.1.